The first-order valence-electron chi connectivity index (χ1n) is 16.2. The number of aromatic nitrogens is 2. The van der Waals surface area contributed by atoms with Crippen LogP contribution in [0.5, 0.6) is 0 Å². The van der Waals surface area contributed by atoms with Crippen molar-refractivity contribution in [1.82, 2.24) is 9.97 Å². The molecule has 2 heterocycles. The summed E-state index contributed by atoms with van der Waals surface area (Å²) in [6.07, 6.45) is 6.52. The number of amides is 2. The van der Waals surface area contributed by atoms with Crippen molar-refractivity contribution in [3.05, 3.63) is 105 Å². The molecule has 0 N–H and O–H groups in total. The summed E-state index contributed by atoms with van der Waals surface area (Å²) in [6.45, 7) is 9.11. The summed E-state index contributed by atoms with van der Waals surface area (Å²) in [5, 5.41) is 1.98. The van der Waals surface area contributed by atoms with Gasteiger partial charge in [0.15, 0.2) is 0 Å². The number of nitrogens with zero attached hydrogens (tertiary/aromatic N) is 4. The number of aryl methyl sites for hydroxylation is 2. The average molecular weight is 656 g/mol. The number of halogens is 2. The van der Waals surface area contributed by atoms with E-state index in [0.29, 0.717) is 44.9 Å². The number of rotatable bonds is 12. The first-order valence-corrected chi connectivity index (χ1v) is 17.0. The fourth-order valence-corrected chi connectivity index (χ4v) is 6.23. The summed E-state index contributed by atoms with van der Waals surface area (Å²) in [6, 6.07) is 23.0. The first kappa shape index (κ1) is 33.4. The van der Waals surface area contributed by atoms with Crippen LogP contribution in [0.1, 0.15) is 85.5 Å². The Labute approximate surface area is 281 Å². The van der Waals surface area contributed by atoms with Gasteiger partial charge >= 0.3 is 0 Å². The van der Waals surface area contributed by atoms with E-state index in [4.69, 9.17) is 33.2 Å². The molecule has 0 aliphatic rings. The molecule has 0 atom stereocenters. The Balaban J connectivity index is 1.53. The van der Waals surface area contributed by atoms with Crippen LogP contribution < -0.4 is 9.80 Å². The minimum Gasteiger partial charge on any atom is -0.307 e. The Hall–Kier alpha value is -4.00. The third-order valence-corrected chi connectivity index (χ3v) is 8.98. The quantitative estimate of drug-likeness (QED) is 0.126. The van der Waals surface area contributed by atoms with Gasteiger partial charge in [-0.05, 0) is 87.1 Å². The fourth-order valence-electron chi connectivity index (χ4n) is 5.72. The predicted molar refractivity (Wildman–Crippen MR) is 192 cm³/mol. The second-order valence-corrected chi connectivity index (χ2v) is 12.3. The van der Waals surface area contributed by atoms with Crippen LogP contribution in [0, 0.1) is 0 Å². The lowest BCUT2D eigenvalue weighted by atomic mass is 10.1. The van der Waals surface area contributed by atoms with Gasteiger partial charge in [0.05, 0.1) is 21.1 Å². The van der Waals surface area contributed by atoms with Gasteiger partial charge in [-0.25, -0.2) is 9.97 Å². The number of anilines is 2. The molecule has 0 saturated heterocycles. The van der Waals surface area contributed by atoms with E-state index >= 15 is 0 Å². The van der Waals surface area contributed by atoms with Gasteiger partial charge in [-0.15, -0.1) is 0 Å². The zero-order chi connectivity index (χ0) is 32.8. The van der Waals surface area contributed by atoms with E-state index in [-0.39, 0.29) is 23.2 Å². The molecule has 0 aliphatic carbocycles. The van der Waals surface area contributed by atoms with Crippen LogP contribution in [0.15, 0.2) is 72.8 Å². The minimum atomic E-state index is -0.275. The molecule has 0 radical (unpaired) electrons. The Bertz CT molecular complexity index is 1720. The van der Waals surface area contributed by atoms with E-state index in [1.165, 1.54) is 11.1 Å². The molecule has 0 fully saturated rings. The first-order chi connectivity index (χ1) is 22.3. The van der Waals surface area contributed by atoms with Crippen molar-refractivity contribution in [2.45, 2.75) is 66.2 Å². The van der Waals surface area contributed by atoms with Gasteiger partial charge in [-0.3, -0.25) is 9.59 Å². The van der Waals surface area contributed by atoms with Crippen molar-refractivity contribution < 1.29 is 9.59 Å². The number of hydrogen-bond acceptors (Lipinski definition) is 4. The Morgan fingerprint density at radius 3 is 1.28 bits per heavy atom. The maximum Gasteiger partial charge on any atom is 0.276 e. The van der Waals surface area contributed by atoms with Gasteiger partial charge in [0.1, 0.15) is 11.4 Å². The standard InChI is InChI=1S/C38H40Cl2N4O2/c1-5-9-11-25-13-17-27(18-14-25)43(7-3)37(45)33-23-31(39)29-21-22-30-32(40)24-34(42-36(30)35(29)41-33)38(46)44(8-4)28-19-15-26(16-20-28)12-10-6-2/h13-24H,5-12H2,1-4H3. The second kappa shape index (κ2) is 15.1. The van der Waals surface area contributed by atoms with E-state index in [9.17, 15) is 9.59 Å². The molecule has 3 aromatic carbocycles. The summed E-state index contributed by atoms with van der Waals surface area (Å²) in [5.74, 6) is -0.551. The number of carbonyl (C=O) groups excluding carboxylic acids is 2. The van der Waals surface area contributed by atoms with E-state index in [2.05, 4.69) is 38.1 Å². The maximum absolute atomic E-state index is 13.9. The van der Waals surface area contributed by atoms with Crippen LogP contribution in [0.3, 0.4) is 0 Å². The van der Waals surface area contributed by atoms with Gasteiger partial charge in [-0.2, -0.15) is 0 Å². The average Bonchev–Trinajstić information content (AvgIpc) is 3.07. The van der Waals surface area contributed by atoms with Crippen LogP contribution in [0.4, 0.5) is 11.4 Å². The zero-order valence-electron chi connectivity index (χ0n) is 26.9. The molecule has 0 unspecified atom stereocenters. The molecule has 8 heteroatoms. The molecule has 5 aromatic rings. The van der Waals surface area contributed by atoms with E-state index < -0.39 is 0 Å². The molecule has 2 amide bonds. The van der Waals surface area contributed by atoms with Crippen LogP contribution in [-0.4, -0.2) is 34.9 Å². The number of unbranched alkanes of at least 4 members (excludes halogenated alkanes) is 2. The minimum absolute atomic E-state index is 0.190. The third-order valence-electron chi connectivity index (χ3n) is 8.35. The molecule has 0 aliphatic heterocycles. The fraction of sp³-hybridized carbons (Fsp3) is 0.316. The highest BCUT2D eigenvalue weighted by Crippen LogP contribution is 2.33. The van der Waals surface area contributed by atoms with Crippen LogP contribution >= 0.6 is 23.2 Å². The highest BCUT2D eigenvalue weighted by atomic mass is 35.5. The summed E-state index contributed by atoms with van der Waals surface area (Å²) >= 11 is 13.5. The van der Waals surface area contributed by atoms with Crippen molar-refractivity contribution in [2.75, 3.05) is 22.9 Å². The number of benzene rings is 3. The molecule has 238 valence electrons. The van der Waals surface area contributed by atoms with Crippen molar-refractivity contribution in [3.63, 3.8) is 0 Å². The van der Waals surface area contributed by atoms with E-state index in [0.717, 1.165) is 49.9 Å². The zero-order valence-corrected chi connectivity index (χ0v) is 28.5. The van der Waals surface area contributed by atoms with Crippen molar-refractivity contribution >= 4 is 68.2 Å². The molecule has 6 nitrogen and oxygen atoms in total. The summed E-state index contributed by atoms with van der Waals surface area (Å²) in [5.41, 5.74) is 5.27. The van der Waals surface area contributed by atoms with Crippen molar-refractivity contribution in [2.24, 2.45) is 0 Å². The van der Waals surface area contributed by atoms with E-state index in [1.54, 1.807) is 21.9 Å². The van der Waals surface area contributed by atoms with Crippen molar-refractivity contribution in [1.29, 1.82) is 0 Å². The lowest BCUT2D eigenvalue weighted by Crippen LogP contribution is -2.31. The molecular weight excluding hydrogens is 615 g/mol. The van der Waals surface area contributed by atoms with Gasteiger partial charge in [-0.1, -0.05) is 86.3 Å². The topological polar surface area (TPSA) is 66.4 Å². The Morgan fingerprint density at radius 1 is 0.587 bits per heavy atom. The maximum atomic E-state index is 13.9. The molecule has 46 heavy (non-hydrogen) atoms. The van der Waals surface area contributed by atoms with Gasteiger partial charge in [0.25, 0.3) is 11.8 Å². The smallest absolute Gasteiger partial charge is 0.276 e. The summed E-state index contributed by atoms with van der Waals surface area (Å²) < 4.78 is 0. The van der Waals surface area contributed by atoms with Gasteiger partial charge in [0.2, 0.25) is 0 Å². The third kappa shape index (κ3) is 7.03. The normalized spacial score (nSPS) is 11.3. The predicted octanol–water partition coefficient (Wildman–Crippen LogP) is 10.1. The highest BCUT2D eigenvalue weighted by Gasteiger charge is 2.23. The lowest BCUT2D eigenvalue weighted by Gasteiger charge is -2.22. The Morgan fingerprint density at radius 2 is 0.957 bits per heavy atom. The summed E-state index contributed by atoms with van der Waals surface area (Å²) in [4.78, 5) is 40.7. The number of carbonyl (C=O) groups is 2. The number of fused-ring (bicyclic) bond motifs is 3. The second-order valence-electron chi connectivity index (χ2n) is 11.5. The molecular formula is C38H40Cl2N4O2. The molecule has 0 bridgehead atoms. The molecule has 2 aromatic heterocycles. The van der Waals surface area contributed by atoms with Crippen LogP contribution in [0.2, 0.25) is 10.0 Å². The van der Waals surface area contributed by atoms with E-state index in [1.807, 2.05) is 50.2 Å². The van der Waals surface area contributed by atoms with Gasteiger partial charge < -0.3 is 9.80 Å². The number of pyridine rings is 2. The highest BCUT2D eigenvalue weighted by molar-refractivity contribution is 6.39. The van der Waals surface area contributed by atoms with Gasteiger partial charge in [0, 0.05) is 35.2 Å². The van der Waals surface area contributed by atoms with Crippen LogP contribution in [-0.2, 0) is 12.8 Å². The summed E-state index contributed by atoms with van der Waals surface area (Å²) in [7, 11) is 0. The molecule has 0 saturated carbocycles. The molecule has 0 spiro atoms. The Kier molecular flexibility index (Phi) is 10.9. The van der Waals surface area contributed by atoms with Crippen molar-refractivity contribution in [3.8, 4) is 0 Å². The lowest BCUT2D eigenvalue weighted by molar-refractivity contribution is 0.0976. The van der Waals surface area contributed by atoms with Crippen LogP contribution in [0.25, 0.3) is 21.8 Å². The largest absolute Gasteiger partial charge is 0.307 e. The monoisotopic (exact) mass is 654 g/mol. The number of hydrogen-bond donors (Lipinski definition) is 0. The SMILES string of the molecule is CCCCc1ccc(N(CC)C(=O)c2cc(Cl)c3ccc4c(Cl)cc(C(=O)N(CC)c5ccc(CCCC)cc5)nc4c3n2)cc1. The molecule has 5 rings (SSSR count).